The molecular formula is C18H22ClN3O3. The molecule has 0 spiro atoms. The highest BCUT2D eigenvalue weighted by molar-refractivity contribution is 6.20. The highest BCUT2D eigenvalue weighted by Gasteiger charge is 2.31. The summed E-state index contributed by atoms with van der Waals surface area (Å²) in [7, 11) is 0. The molecule has 0 N–H and O–H groups in total. The molecule has 1 aromatic carbocycles. The zero-order valence-electron chi connectivity index (χ0n) is 14.6. The van der Waals surface area contributed by atoms with Gasteiger partial charge in [0.1, 0.15) is 0 Å². The number of alkyl halides is 1. The molecule has 1 heterocycles. The van der Waals surface area contributed by atoms with Crippen LogP contribution in [0.25, 0.3) is 0 Å². The Balaban J connectivity index is 2.22. The highest BCUT2D eigenvalue weighted by Crippen LogP contribution is 2.23. The van der Waals surface area contributed by atoms with Gasteiger partial charge in [-0.1, -0.05) is 60.9 Å². The molecule has 25 heavy (non-hydrogen) atoms. The second-order valence-corrected chi connectivity index (χ2v) is 6.27. The number of amides is 1. The van der Waals surface area contributed by atoms with Gasteiger partial charge < -0.3 is 4.74 Å². The second kappa shape index (κ2) is 8.76. The first kappa shape index (κ1) is 19.1. The fourth-order valence-corrected chi connectivity index (χ4v) is 2.74. The molecule has 1 amide bonds. The molecule has 0 bridgehead atoms. The van der Waals surface area contributed by atoms with Crippen LogP contribution in [0.4, 0.5) is 4.79 Å². The minimum Gasteiger partial charge on any atom is -0.427 e. The number of ketones is 1. The van der Waals surface area contributed by atoms with E-state index < -0.39 is 11.7 Å². The quantitative estimate of drug-likeness (QED) is 0.554. The summed E-state index contributed by atoms with van der Waals surface area (Å²) < 4.78 is 4.93. The van der Waals surface area contributed by atoms with Gasteiger partial charge in [0.2, 0.25) is 0 Å². The van der Waals surface area contributed by atoms with Gasteiger partial charge in [0.15, 0.2) is 11.3 Å². The molecule has 0 aromatic heterocycles. The van der Waals surface area contributed by atoms with Gasteiger partial charge in [-0.3, -0.25) is 4.79 Å². The molecule has 0 aliphatic carbocycles. The molecule has 1 unspecified atom stereocenters. The van der Waals surface area contributed by atoms with Crippen LogP contribution in [-0.2, 0) is 4.74 Å². The average Bonchev–Trinajstić information content (AvgIpc) is 2.61. The van der Waals surface area contributed by atoms with Crippen LogP contribution >= 0.6 is 11.6 Å². The number of carbonyl (C=O) groups excluding carboxylic acids is 2. The lowest BCUT2D eigenvalue weighted by Gasteiger charge is -2.27. The summed E-state index contributed by atoms with van der Waals surface area (Å²) in [6, 6.07) is 9.13. The van der Waals surface area contributed by atoms with Crippen molar-refractivity contribution in [2.24, 2.45) is 16.1 Å². The lowest BCUT2D eigenvalue weighted by atomic mass is 9.87. The zero-order valence-corrected chi connectivity index (χ0v) is 15.4. The SMILES string of the molecule is CCC1=NN(C(=O)OC(C)Cl)N=C(CC)C1CC(=O)c1ccccc1. The fraction of sp³-hybridized carbons (Fsp3) is 0.444. The number of hydrogen-bond acceptors (Lipinski definition) is 5. The van der Waals surface area contributed by atoms with Crippen LogP contribution in [0.1, 0.15) is 50.4 Å². The maximum absolute atomic E-state index is 12.6. The number of Topliss-reactive ketones (excluding diaryl/α,β-unsaturated/α-hetero) is 1. The third kappa shape index (κ3) is 4.89. The monoisotopic (exact) mass is 363 g/mol. The number of ether oxygens (including phenoxy) is 1. The molecule has 1 aliphatic heterocycles. The van der Waals surface area contributed by atoms with E-state index in [2.05, 4.69) is 10.2 Å². The number of hydrazone groups is 2. The van der Waals surface area contributed by atoms with Gasteiger partial charge in [-0.05, 0) is 19.8 Å². The number of carbonyl (C=O) groups is 2. The van der Waals surface area contributed by atoms with Crippen molar-refractivity contribution < 1.29 is 14.3 Å². The van der Waals surface area contributed by atoms with Crippen LogP contribution in [0.5, 0.6) is 0 Å². The van der Waals surface area contributed by atoms with Crippen LogP contribution in [0.3, 0.4) is 0 Å². The summed E-state index contributed by atoms with van der Waals surface area (Å²) in [4.78, 5) is 24.6. The predicted octanol–water partition coefficient (Wildman–Crippen LogP) is 4.44. The molecule has 0 fully saturated rings. The number of rotatable bonds is 6. The van der Waals surface area contributed by atoms with E-state index in [1.807, 2.05) is 32.0 Å². The van der Waals surface area contributed by atoms with Gasteiger partial charge in [-0.15, -0.1) is 0 Å². The minimum atomic E-state index is -0.773. The molecule has 0 radical (unpaired) electrons. The maximum atomic E-state index is 12.6. The third-order valence-electron chi connectivity index (χ3n) is 3.89. The molecular weight excluding hydrogens is 342 g/mol. The Morgan fingerprint density at radius 1 is 1.16 bits per heavy atom. The van der Waals surface area contributed by atoms with Gasteiger partial charge in [0, 0.05) is 29.3 Å². The minimum absolute atomic E-state index is 0.0262. The molecule has 1 aromatic rings. The van der Waals surface area contributed by atoms with E-state index in [0.717, 1.165) is 16.5 Å². The molecule has 0 saturated heterocycles. The Kier molecular flexibility index (Phi) is 6.70. The first-order chi connectivity index (χ1) is 12.0. The van der Waals surface area contributed by atoms with E-state index in [-0.39, 0.29) is 18.1 Å². The summed E-state index contributed by atoms with van der Waals surface area (Å²) in [6.45, 7) is 5.41. The lowest BCUT2D eigenvalue weighted by Crippen LogP contribution is -2.37. The first-order valence-electron chi connectivity index (χ1n) is 8.34. The van der Waals surface area contributed by atoms with E-state index in [0.29, 0.717) is 18.4 Å². The molecule has 2 rings (SSSR count). The van der Waals surface area contributed by atoms with Crippen molar-refractivity contribution in [3.8, 4) is 0 Å². The Morgan fingerprint density at radius 2 is 1.72 bits per heavy atom. The highest BCUT2D eigenvalue weighted by atomic mass is 35.5. The third-order valence-corrected chi connectivity index (χ3v) is 3.98. The van der Waals surface area contributed by atoms with E-state index in [1.165, 1.54) is 0 Å². The van der Waals surface area contributed by atoms with Gasteiger partial charge in [0.05, 0.1) is 0 Å². The summed E-state index contributed by atoms with van der Waals surface area (Å²) in [5.41, 5.74) is 1.35. The van der Waals surface area contributed by atoms with Crippen LogP contribution in [0.15, 0.2) is 40.5 Å². The van der Waals surface area contributed by atoms with E-state index >= 15 is 0 Å². The van der Waals surface area contributed by atoms with Crippen molar-refractivity contribution in [2.75, 3.05) is 0 Å². The van der Waals surface area contributed by atoms with Crippen molar-refractivity contribution in [1.29, 1.82) is 0 Å². The Hall–Kier alpha value is -2.21. The number of benzene rings is 1. The summed E-state index contributed by atoms with van der Waals surface area (Å²) in [5.74, 6) is -0.182. The smallest absolute Gasteiger partial charge is 0.427 e. The van der Waals surface area contributed by atoms with Crippen molar-refractivity contribution in [2.45, 2.75) is 45.6 Å². The topological polar surface area (TPSA) is 71.3 Å². The largest absolute Gasteiger partial charge is 0.453 e. The van der Waals surface area contributed by atoms with Gasteiger partial charge in [-0.2, -0.15) is 10.2 Å². The van der Waals surface area contributed by atoms with Crippen LogP contribution in [0.2, 0.25) is 0 Å². The van der Waals surface area contributed by atoms with Crippen molar-refractivity contribution >= 4 is 34.9 Å². The van der Waals surface area contributed by atoms with Gasteiger partial charge in [0.25, 0.3) is 0 Å². The van der Waals surface area contributed by atoms with Crippen molar-refractivity contribution in [3.63, 3.8) is 0 Å². The van der Waals surface area contributed by atoms with Gasteiger partial charge >= 0.3 is 6.09 Å². The maximum Gasteiger partial charge on any atom is 0.453 e. The molecule has 0 saturated carbocycles. The summed E-state index contributed by atoms with van der Waals surface area (Å²) in [5, 5.41) is 9.44. The van der Waals surface area contributed by atoms with E-state index in [4.69, 9.17) is 16.3 Å². The predicted molar refractivity (Wildman–Crippen MR) is 98.0 cm³/mol. The Bertz CT molecular complexity index is 664. The Morgan fingerprint density at radius 3 is 2.20 bits per heavy atom. The average molecular weight is 364 g/mol. The number of halogens is 1. The first-order valence-corrected chi connectivity index (χ1v) is 8.77. The van der Waals surface area contributed by atoms with Crippen molar-refractivity contribution in [3.05, 3.63) is 35.9 Å². The molecule has 6 nitrogen and oxygen atoms in total. The molecule has 134 valence electrons. The Labute approximate surface area is 152 Å². The van der Waals surface area contributed by atoms with Gasteiger partial charge in [-0.25, -0.2) is 4.79 Å². The number of nitrogens with zero attached hydrogens (tertiary/aromatic N) is 3. The van der Waals surface area contributed by atoms with Crippen LogP contribution in [-0.4, -0.2) is 34.0 Å². The van der Waals surface area contributed by atoms with E-state index in [1.54, 1.807) is 19.1 Å². The zero-order chi connectivity index (χ0) is 18.4. The second-order valence-electron chi connectivity index (χ2n) is 5.65. The van der Waals surface area contributed by atoms with Crippen LogP contribution < -0.4 is 0 Å². The van der Waals surface area contributed by atoms with Crippen molar-refractivity contribution in [1.82, 2.24) is 5.12 Å². The standard InChI is InChI=1S/C18H22ClN3O3/c1-4-15-14(11-17(23)13-9-7-6-8-10-13)16(5-2)21-22(20-15)18(24)25-12(3)19/h6-10,12,14H,4-5,11H2,1-3H3. The molecule has 1 atom stereocenters. The molecule has 7 heteroatoms. The summed E-state index contributed by atoms with van der Waals surface area (Å²) in [6.07, 6.45) is 0.753. The van der Waals surface area contributed by atoms with E-state index in [9.17, 15) is 9.59 Å². The van der Waals surface area contributed by atoms with Crippen LogP contribution in [0, 0.1) is 5.92 Å². The fourth-order valence-electron chi connectivity index (χ4n) is 2.66. The normalized spacial score (nSPS) is 16.1. The number of hydrogen-bond donors (Lipinski definition) is 0. The lowest BCUT2D eigenvalue weighted by molar-refractivity contribution is 0.0957. The summed E-state index contributed by atoms with van der Waals surface area (Å²) >= 11 is 5.69. The molecule has 1 aliphatic rings.